The van der Waals surface area contributed by atoms with E-state index < -0.39 is 15.6 Å². The van der Waals surface area contributed by atoms with Crippen molar-refractivity contribution in [3.05, 3.63) is 47.3 Å². The summed E-state index contributed by atoms with van der Waals surface area (Å²) in [5.74, 6) is 0.282. The molecule has 2 fully saturated rings. The van der Waals surface area contributed by atoms with Crippen molar-refractivity contribution in [2.24, 2.45) is 0 Å². The third-order valence-corrected chi connectivity index (χ3v) is 8.42. The van der Waals surface area contributed by atoms with Crippen LogP contribution >= 0.6 is 0 Å². The number of benzene rings is 1. The maximum Gasteiger partial charge on any atom is 0.233 e. The van der Waals surface area contributed by atoms with Crippen LogP contribution in [0, 0.1) is 0 Å². The summed E-state index contributed by atoms with van der Waals surface area (Å²) in [7, 11) is -3.32. The monoisotopic (exact) mass is 459 g/mol. The first-order valence-corrected chi connectivity index (χ1v) is 12.9. The SMILES string of the molecule is CCCS(=O)(=O)NCc1nnn2c1COC1(CCN(C(=O)C3(c4ccccc4)CC3)C1)C2. The molecule has 1 spiro atoms. The number of nitrogens with one attached hydrogen (secondary N) is 1. The molecule has 9 nitrogen and oxygen atoms in total. The van der Waals surface area contributed by atoms with Gasteiger partial charge in [0.25, 0.3) is 0 Å². The highest BCUT2D eigenvalue weighted by atomic mass is 32.2. The highest BCUT2D eigenvalue weighted by Gasteiger charge is 2.55. The van der Waals surface area contributed by atoms with Gasteiger partial charge < -0.3 is 9.64 Å². The van der Waals surface area contributed by atoms with Crippen LogP contribution < -0.4 is 4.72 Å². The van der Waals surface area contributed by atoms with Gasteiger partial charge in [-0.1, -0.05) is 42.5 Å². The lowest BCUT2D eigenvalue weighted by Gasteiger charge is -2.34. The Morgan fingerprint density at radius 3 is 2.69 bits per heavy atom. The zero-order valence-electron chi connectivity index (χ0n) is 18.3. The lowest BCUT2D eigenvalue weighted by Crippen LogP contribution is -2.46. The summed E-state index contributed by atoms with van der Waals surface area (Å²) >= 11 is 0. The van der Waals surface area contributed by atoms with Crippen molar-refractivity contribution < 1.29 is 17.9 Å². The molecule has 1 saturated carbocycles. The molecule has 2 aliphatic heterocycles. The number of fused-ring (bicyclic) bond motifs is 1. The molecule has 10 heteroatoms. The molecule has 1 aliphatic carbocycles. The molecule has 32 heavy (non-hydrogen) atoms. The summed E-state index contributed by atoms with van der Waals surface area (Å²) in [6.45, 7) is 3.97. The van der Waals surface area contributed by atoms with E-state index in [-0.39, 0.29) is 23.6 Å². The Bertz CT molecular complexity index is 1110. The molecule has 0 bridgehead atoms. The summed E-state index contributed by atoms with van der Waals surface area (Å²) in [6, 6.07) is 10.1. The highest BCUT2D eigenvalue weighted by Crippen LogP contribution is 2.50. The molecule has 1 atom stereocenters. The van der Waals surface area contributed by atoms with E-state index in [2.05, 4.69) is 15.0 Å². The Kier molecular flexibility index (Phi) is 5.34. The Hall–Kier alpha value is -2.30. The van der Waals surface area contributed by atoms with E-state index in [1.807, 2.05) is 46.8 Å². The van der Waals surface area contributed by atoms with Crippen LogP contribution in [0.4, 0.5) is 0 Å². The topological polar surface area (TPSA) is 106 Å². The molecule has 3 heterocycles. The summed E-state index contributed by atoms with van der Waals surface area (Å²) < 4.78 is 34.6. The number of carbonyl (C=O) groups is 1. The molecule has 5 rings (SSSR count). The maximum atomic E-state index is 13.4. The zero-order valence-corrected chi connectivity index (χ0v) is 19.1. The van der Waals surface area contributed by atoms with Crippen LogP contribution in [0.3, 0.4) is 0 Å². The minimum absolute atomic E-state index is 0.0877. The number of hydrogen-bond donors (Lipinski definition) is 1. The molecule has 1 unspecified atom stereocenters. The summed E-state index contributed by atoms with van der Waals surface area (Å²) in [5, 5.41) is 8.43. The van der Waals surface area contributed by atoms with E-state index in [0.717, 1.165) is 30.5 Å². The Labute approximate surface area is 188 Å². The van der Waals surface area contributed by atoms with Crippen LogP contribution in [0.1, 0.15) is 49.6 Å². The van der Waals surface area contributed by atoms with Crippen molar-refractivity contribution in [1.29, 1.82) is 0 Å². The van der Waals surface area contributed by atoms with Crippen LogP contribution in [0.25, 0.3) is 0 Å². The fraction of sp³-hybridized carbons (Fsp3) is 0.591. The maximum absolute atomic E-state index is 13.4. The quantitative estimate of drug-likeness (QED) is 0.670. The van der Waals surface area contributed by atoms with Gasteiger partial charge >= 0.3 is 0 Å². The molecule has 172 valence electrons. The first kappa shape index (κ1) is 21.5. The van der Waals surface area contributed by atoms with Crippen molar-refractivity contribution in [1.82, 2.24) is 24.6 Å². The van der Waals surface area contributed by atoms with Gasteiger partial charge in [0.2, 0.25) is 15.9 Å². The number of ether oxygens (including phenoxy) is 1. The molecule has 0 radical (unpaired) electrons. The van der Waals surface area contributed by atoms with Gasteiger partial charge in [-0.3, -0.25) is 4.79 Å². The number of aromatic nitrogens is 3. The van der Waals surface area contributed by atoms with E-state index in [0.29, 0.717) is 38.4 Å². The Morgan fingerprint density at radius 1 is 1.19 bits per heavy atom. The van der Waals surface area contributed by atoms with Gasteiger partial charge in [0.15, 0.2) is 0 Å². The lowest BCUT2D eigenvalue weighted by atomic mass is 9.94. The largest absolute Gasteiger partial charge is 0.365 e. The highest BCUT2D eigenvalue weighted by molar-refractivity contribution is 7.89. The van der Waals surface area contributed by atoms with Gasteiger partial charge in [0.05, 0.1) is 43.1 Å². The van der Waals surface area contributed by atoms with Gasteiger partial charge in [-0.2, -0.15) is 0 Å². The van der Waals surface area contributed by atoms with Crippen molar-refractivity contribution in [2.45, 2.75) is 63.3 Å². The van der Waals surface area contributed by atoms with Gasteiger partial charge in [-0.25, -0.2) is 17.8 Å². The lowest BCUT2D eigenvalue weighted by molar-refractivity contribution is -0.136. The average molecular weight is 460 g/mol. The minimum atomic E-state index is -3.32. The summed E-state index contributed by atoms with van der Waals surface area (Å²) in [4.78, 5) is 15.4. The molecule has 1 saturated heterocycles. The predicted molar refractivity (Wildman–Crippen MR) is 117 cm³/mol. The number of amides is 1. The first-order valence-electron chi connectivity index (χ1n) is 11.2. The van der Waals surface area contributed by atoms with Crippen molar-refractivity contribution >= 4 is 15.9 Å². The van der Waals surface area contributed by atoms with Gasteiger partial charge in [0, 0.05) is 6.54 Å². The van der Waals surface area contributed by atoms with Crippen LogP contribution in [0.15, 0.2) is 30.3 Å². The first-order chi connectivity index (χ1) is 15.4. The number of carbonyl (C=O) groups excluding carboxylic acids is 1. The minimum Gasteiger partial charge on any atom is -0.365 e. The predicted octanol–water partition coefficient (Wildman–Crippen LogP) is 1.34. The van der Waals surface area contributed by atoms with E-state index in [4.69, 9.17) is 4.74 Å². The van der Waals surface area contributed by atoms with E-state index in [9.17, 15) is 13.2 Å². The summed E-state index contributed by atoms with van der Waals surface area (Å²) in [5.41, 5.74) is 1.64. The second-order valence-corrected chi connectivity index (χ2v) is 11.1. The molecule has 1 N–H and O–H groups in total. The third-order valence-electron chi connectivity index (χ3n) is 6.89. The number of nitrogens with zero attached hydrogens (tertiary/aromatic N) is 4. The van der Waals surface area contributed by atoms with E-state index in [1.54, 1.807) is 0 Å². The zero-order chi connectivity index (χ0) is 22.4. The average Bonchev–Trinajstić information content (AvgIpc) is 3.36. The molecular formula is C22H29N5O4S. The van der Waals surface area contributed by atoms with Gasteiger partial charge in [0.1, 0.15) is 11.3 Å². The smallest absolute Gasteiger partial charge is 0.233 e. The molecule has 1 aromatic carbocycles. The van der Waals surface area contributed by atoms with Gasteiger partial charge in [-0.15, -0.1) is 5.10 Å². The van der Waals surface area contributed by atoms with Crippen molar-refractivity contribution in [3.8, 4) is 0 Å². The second-order valence-electron chi connectivity index (χ2n) is 9.18. The van der Waals surface area contributed by atoms with Crippen LogP contribution in [-0.2, 0) is 44.7 Å². The number of rotatable bonds is 7. The van der Waals surface area contributed by atoms with Gasteiger partial charge in [-0.05, 0) is 31.2 Å². The molecule has 1 aromatic heterocycles. The second kappa shape index (κ2) is 7.93. The van der Waals surface area contributed by atoms with E-state index in [1.165, 1.54) is 0 Å². The molecular weight excluding hydrogens is 430 g/mol. The van der Waals surface area contributed by atoms with Crippen LogP contribution in [-0.4, -0.2) is 58.7 Å². The molecule has 2 aromatic rings. The van der Waals surface area contributed by atoms with Crippen LogP contribution in [0.5, 0.6) is 0 Å². The number of likely N-dealkylation sites (tertiary alicyclic amines) is 1. The van der Waals surface area contributed by atoms with Crippen molar-refractivity contribution in [3.63, 3.8) is 0 Å². The summed E-state index contributed by atoms with van der Waals surface area (Å²) in [6.07, 6.45) is 3.10. The third kappa shape index (κ3) is 3.84. The Morgan fingerprint density at radius 2 is 1.97 bits per heavy atom. The fourth-order valence-corrected chi connectivity index (χ4v) is 5.96. The van der Waals surface area contributed by atoms with Crippen molar-refractivity contribution in [2.75, 3.05) is 18.8 Å². The molecule has 1 amide bonds. The van der Waals surface area contributed by atoms with Crippen LogP contribution in [0.2, 0.25) is 0 Å². The van der Waals surface area contributed by atoms with E-state index >= 15 is 0 Å². The number of sulfonamides is 1. The molecule has 3 aliphatic rings. The fourth-order valence-electron chi connectivity index (χ4n) is 4.93. The Balaban J connectivity index is 1.26. The standard InChI is InChI=1S/C22H29N5O4S/c1-2-12-32(29,30)23-13-18-19-14-31-21(16-27(19)25-24-18)10-11-26(15-21)20(28)22(8-9-22)17-6-4-3-5-7-17/h3-7,23H,2,8-16H2,1H3. The normalized spacial score (nSPS) is 24.0. The number of hydrogen-bond acceptors (Lipinski definition) is 6.